The maximum absolute atomic E-state index is 13.2. The van der Waals surface area contributed by atoms with Gasteiger partial charge in [0.25, 0.3) is 0 Å². The van der Waals surface area contributed by atoms with Crippen molar-refractivity contribution in [3.05, 3.63) is 29.6 Å². The third kappa shape index (κ3) is 2.18. The lowest BCUT2D eigenvalue weighted by molar-refractivity contribution is 0.414. The predicted molar refractivity (Wildman–Crippen MR) is 62.7 cm³/mol. The average molecular weight is 225 g/mol. The summed E-state index contributed by atoms with van der Waals surface area (Å²) < 4.78 is 13.2. The molecular formula is C12H16FNS. The van der Waals surface area contributed by atoms with Crippen LogP contribution in [0.2, 0.25) is 0 Å². The highest BCUT2D eigenvalue weighted by Gasteiger charge is 2.26. The molecule has 2 atom stereocenters. The monoisotopic (exact) mass is 225 g/mol. The normalized spacial score (nSPS) is 25.0. The SMILES string of the molecule is CCNC1c2cc(F)ccc2SCC1C. The number of hydrogen-bond acceptors (Lipinski definition) is 2. The molecule has 1 nitrogen and oxygen atoms in total. The van der Waals surface area contributed by atoms with Gasteiger partial charge in [0.05, 0.1) is 0 Å². The Morgan fingerprint density at radius 3 is 3.07 bits per heavy atom. The van der Waals surface area contributed by atoms with E-state index in [-0.39, 0.29) is 5.82 Å². The molecule has 3 heteroatoms. The lowest BCUT2D eigenvalue weighted by atomic mass is 9.95. The smallest absolute Gasteiger partial charge is 0.123 e. The van der Waals surface area contributed by atoms with E-state index in [4.69, 9.17) is 0 Å². The van der Waals surface area contributed by atoms with Crippen molar-refractivity contribution >= 4 is 11.8 Å². The Morgan fingerprint density at radius 1 is 1.53 bits per heavy atom. The van der Waals surface area contributed by atoms with Crippen LogP contribution in [0.4, 0.5) is 4.39 Å². The second kappa shape index (κ2) is 4.54. The van der Waals surface area contributed by atoms with Gasteiger partial charge in [0.15, 0.2) is 0 Å². The van der Waals surface area contributed by atoms with Crippen LogP contribution in [-0.2, 0) is 0 Å². The molecule has 15 heavy (non-hydrogen) atoms. The fourth-order valence-corrected chi connectivity index (χ4v) is 3.20. The van der Waals surface area contributed by atoms with Gasteiger partial charge in [-0.05, 0) is 36.2 Å². The molecule has 1 N–H and O–H groups in total. The van der Waals surface area contributed by atoms with E-state index in [0.717, 1.165) is 17.9 Å². The van der Waals surface area contributed by atoms with Crippen LogP contribution in [0.25, 0.3) is 0 Å². The van der Waals surface area contributed by atoms with Crippen LogP contribution in [0, 0.1) is 11.7 Å². The van der Waals surface area contributed by atoms with Crippen LogP contribution in [0.1, 0.15) is 25.5 Å². The molecule has 0 radical (unpaired) electrons. The first-order valence-corrected chi connectivity index (χ1v) is 6.36. The van der Waals surface area contributed by atoms with Crippen molar-refractivity contribution in [1.29, 1.82) is 0 Å². The zero-order chi connectivity index (χ0) is 10.8. The van der Waals surface area contributed by atoms with Crippen molar-refractivity contribution in [3.63, 3.8) is 0 Å². The molecule has 1 aromatic carbocycles. The summed E-state index contributed by atoms with van der Waals surface area (Å²) in [5.41, 5.74) is 1.13. The van der Waals surface area contributed by atoms with Gasteiger partial charge in [0, 0.05) is 16.7 Å². The number of hydrogen-bond donors (Lipinski definition) is 1. The van der Waals surface area contributed by atoms with Crippen LogP contribution in [0.15, 0.2) is 23.1 Å². The molecule has 1 aliphatic rings. The largest absolute Gasteiger partial charge is 0.310 e. The van der Waals surface area contributed by atoms with E-state index >= 15 is 0 Å². The topological polar surface area (TPSA) is 12.0 Å². The van der Waals surface area contributed by atoms with Gasteiger partial charge in [0.2, 0.25) is 0 Å². The van der Waals surface area contributed by atoms with Gasteiger partial charge in [-0.25, -0.2) is 4.39 Å². The summed E-state index contributed by atoms with van der Waals surface area (Å²) in [5, 5.41) is 3.44. The molecule has 0 bridgehead atoms. The quantitative estimate of drug-likeness (QED) is 0.829. The molecule has 1 aromatic rings. The third-order valence-corrected chi connectivity index (χ3v) is 4.18. The van der Waals surface area contributed by atoms with Gasteiger partial charge in [-0.15, -0.1) is 11.8 Å². The molecule has 0 spiro atoms. The minimum Gasteiger partial charge on any atom is -0.310 e. The summed E-state index contributed by atoms with van der Waals surface area (Å²) in [4.78, 5) is 1.22. The van der Waals surface area contributed by atoms with Crippen LogP contribution < -0.4 is 5.32 Å². The average Bonchev–Trinajstić information content (AvgIpc) is 2.23. The Hall–Kier alpha value is -0.540. The van der Waals surface area contributed by atoms with Gasteiger partial charge >= 0.3 is 0 Å². The van der Waals surface area contributed by atoms with Crippen molar-refractivity contribution in [2.24, 2.45) is 5.92 Å². The first-order chi connectivity index (χ1) is 7.22. The van der Waals surface area contributed by atoms with Gasteiger partial charge in [-0.2, -0.15) is 0 Å². The lowest BCUT2D eigenvalue weighted by Gasteiger charge is -2.31. The molecule has 1 aliphatic heterocycles. The van der Waals surface area contributed by atoms with Crippen molar-refractivity contribution in [2.45, 2.75) is 24.8 Å². The Labute approximate surface area is 94.5 Å². The number of thioether (sulfide) groups is 1. The summed E-state index contributed by atoms with van der Waals surface area (Å²) in [6.45, 7) is 5.23. The Balaban J connectivity index is 2.36. The highest BCUT2D eigenvalue weighted by molar-refractivity contribution is 7.99. The van der Waals surface area contributed by atoms with Gasteiger partial charge < -0.3 is 5.32 Å². The third-order valence-electron chi connectivity index (χ3n) is 2.80. The zero-order valence-electron chi connectivity index (χ0n) is 9.09. The Morgan fingerprint density at radius 2 is 2.33 bits per heavy atom. The number of halogens is 1. The van der Waals surface area contributed by atoms with Crippen LogP contribution >= 0.6 is 11.8 Å². The first kappa shape index (κ1) is 11.0. The zero-order valence-corrected chi connectivity index (χ0v) is 9.90. The van der Waals surface area contributed by atoms with Gasteiger partial charge in [-0.1, -0.05) is 13.8 Å². The predicted octanol–water partition coefficient (Wildman–Crippen LogP) is 3.22. The number of benzene rings is 1. The minimum absolute atomic E-state index is 0.133. The van der Waals surface area contributed by atoms with E-state index < -0.39 is 0 Å². The number of rotatable bonds is 2. The molecule has 0 saturated heterocycles. The van der Waals surface area contributed by atoms with E-state index in [9.17, 15) is 4.39 Å². The number of nitrogens with one attached hydrogen (secondary N) is 1. The fourth-order valence-electron chi connectivity index (χ4n) is 2.05. The standard InChI is InChI=1S/C12H16FNS/c1-3-14-12-8(2)7-15-11-5-4-9(13)6-10(11)12/h4-6,8,12,14H,3,7H2,1-2H3. The van der Waals surface area contributed by atoms with E-state index in [2.05, 4.69) is 19.2 Å². The summed E-state index contributed by atoms with van der Waals surface area (Å²) in [6, 6.07) is 5.42. The molecule has 2 unspecified atom stereocenters. The van der Waals surface area contributed by atoms with E-state index in [0.29, 0.717) is 12.0 Å². The van der Waals surface area contributed by atoms with Gasteiger partial charge in [-0.3, -0.25) is 0 Å². The summed E-state index contributed by atoms with van der Waals surface area (Å²) in [6.07, 6.45) is 0. The Bertz CT molecular complexity index is 353. The van der Waals surface area contributed by atoms with Crippen LogP contribution in [0.3, 0.4) is 0 Å². The second-order valence-electron chi connectivity index (χ2n) is 4.01. The maximum atomic E-state index is 13.2. The fraction of sp³-hybridized carbons (Fsp3) is 0.500. The van der Waals surface area contributed by atoms with Crippen molar-refractivity contribution in [2.75, 3.05) is 12.3 Å². The molecule has 82 valence electrons. The molecule has 2 rings (SSSR count). The molecule has 0 amide bonds. The van der Waals surface area contributed by atoms with Crippen LogP contribution in [0.5, 0.6) is 0 Å². The second-order valence-corrected chi connectivity index (χ2v) is 5.07. The molecule has 0 aliphatic carbocycles. The van der Waals surface area contributed by atoms with E-state index in [1.165, 1.54) is 4.90 Å². The summed E-state index contributed by atoms with van der Waals surface area (Å²) in [5.74, 6) is 1.53. The van der Waals surface area contributed by atoms with Crippen molar-refractivity contribution in [3.8, 4) is 0 Å². The molecule has 1 heterocycles. The van der Waals surface area contributed by atoms with Crippen molar-refractivity contribution < 1.29 is 4.39 Å². The van der Waals surface area contributed by atoms with Crippen LogP contribution in [-0.4, -0.2) is 12.3 Å². The summed E-state index contributed by atoms with van der Waals surface area (Å²) >= 11 is 1.83. The highest BCUT2D eigenvalue weighted by atomic mass is 32.2. The summed E-state index contributed by atoms with van der Waals surface area (Å²) in [7, 11) is 0. The molecule has 0 saturated carbocycles. The first-order valence-electron chi connectivity index (χ1n) is 5.38. The highest BCUT2D eigenvalue weighted by Crippen LogP contribution is 2.39. The van der Waals surface area contributed by atoms with Crippen molar-refractivity contribution in [1.82, 2.24) is 5.32 Å². The Kier molecular flexibility index (Phi) is 3.32. The molecule has 0 fully saturated rings. The lowest BCUT2D eigenvalue weighted by Crippen LogP contribution is -2.30. The van der Waals surface area contributed by atoms with E-state index in [1.54, 1.807) is 12.1 Å². The maximum Gasteiger partial charge on any atom is 0.123 e. The molecular weight excluding hydrogens is 209 g/mol. The molecule has 0 aromatic heterocycles. The van der Waals surface area contributed by atoms with Gasteiger partial charge in [0.1, 0.15) is 5.82 Å². The minimum atomic E-state index is -0.133. The number of fused-ring (bicyclic) bond motifs is 1. The van der Waals surface area contributed by atoms with E-state index in [1.807, 2.05) is 17.8 Å².